The lowest BCUT2D eigenvalue weighted by Gasteiger charge is -2.37. The van der Waals surface area contributed by atoms with E-state index >= 15 is 0 Å². The van der Waals surface area contributed by atoms with Gasteiger partial charge in [-0.15, -0.1) is 0 Å². The molecule has 0 atom stereocenters. The molecule has 0 bridgehead atoms. The van der Waals surface area contributed by atoms with Crippen LogP contribution in [0, 0.1) is 29.4 Å². The highest BCUT2D eigenvalue weighted by Gasteiger charge is 2.31. The van der Waals surface area contributed by atoms with Crippen LogP contribution in [0.1, 0.15) is 82.3 Å². The van der Waals surface area contributed by atoms with E-state index in [4.69, 9.17) is 0 Å². The van der Waals surface area contributed by atoms with Gasteiger partial charge in [0.15, 0.2) is 11.6 Å². The Balaban J connectivity index is 1.62. The van der Waals surface area contributed by atoms with Crippen molar-refractivity contribution in [2.45, 2.75) is 77.6 Å². The topological polar surface area (TPSA) is 0 Å². The molecular weight excluding hydrogens is 290 g/mol. The molecule has 0 aliphatic heterocycles. The van der Waals surface area contributed by atoms with Crippen LogP contribution >= 0.6 is 0 Å². The molecule has 23 heavy (non-hydrogen) atoms. The molecule has 2 saturated carbocycles. The second-order valence-electron chi connectivity index (χ2n) is 7.93. The second-order valence-corrected chi connectivity index (χ2v) is 7.93. The first-order chi connectivity index (χ1) is 11.1. The van der Waals surface area contributed by atoms with Crippen LogP contribution in [-0.2, 0) is 6.42 Å². The Labute approximate surface area is 139 Å². The Hall–Kier alpha value is -0.920. The summed E-state index contributed by atoms with van der Waals surface area (Å²) in [7, 11) is 0. The lowest BCUT2D eigenvalue weighted by atomic mass is 9.68. The quantitative estimate of drug-likeness (QED) is 0.586. The number of aryl methyl sites for hydroxylation is 1. The van der Waals surface area contributed by atoms with E-state index in [0.717, 1.165) is 30.6 Å². The van der Waals surface area contributed by atoms with E-state index in [-0.39, 0.29) is 5.92 Å². The van der Waals surface area contributed by atoms with E-state index in [1.807, 2.05) is 13.0 Å². The van der Waals surface area contributed by atoms with Gasteiger partial charge < -0.3 is 0 Å². The Kier molecular flexibility index (Phi) is 5.38. The fourth-order valence-corrected chi connectivity index (χ4v) is 4.85. The molecule has 0 nitrogen and oxygen atoms in total. The van der Waals surface area contributed by atoms with Crippen molar-refractivity contribution >= 4 is 0 Å². The van der Waals surface area contributed by atoms with Crippen LogP contribution < -0.4 is 0 Å². The lowest BCUT2D eigenvalue weighted by Crippen LogP contribution is -2.25. The normalized spacial score (nSPS) is 32.0. The maximum atomic E-state index is 14.4. The minimum atomic E-state index is -0.617. The molecule has 0 unspecified atom stereocenters. The highest BCUT2D eigenvalue weighted by Crippen LogP contribution is 2.44. The van der Waals surface area contributed by atoms with E-state index in [1.54, 1.807) is 6.07 Å². The van der Waals surface area contributed by atoms with Gasteiger partial charge in [-0.05, 0) is 79.7 Å². The molecule has 0 radical (unpaired) electrons. The molecular formula is C21H30F2. The predicted octanol–water partition coefficient (Wildman–Crippen LogP) is 6.63. The first kappa shape index (κ1) is 16.9. The molecule has 1 aromatic carbocycles. The summed E-state index contributed by atoms with van der Waals surface area (Å²) in [5, 5.41) is 0. The summed E-state index contributed by atoms with van der Waals surface area (Å²) in [4.78, 5) is 0. The molecule has 0 heterocycles. The van der Waals surface area contributed by atoms with Crippen molar-refractivity contribution in [3.63, 3.8) is 0 Å². The number of hydrogen-bond donors (Lipinski definition) is 0. The monoisotopic (exact) mass is 320 g/mol. The molecule has 128 valence electrons. The minimum Gasteiger partial charge on any atom is -0.203 e. The van der Waals surface area contributed by atoms with Crippen molar-refractivity contribution in [1.29, 1.82) is 0 Å². The molecule has 0 saturated heterocycles. The van der Waals surface area contributed by atoms with Gasteiger partial charge in [0.1, 0.15) is 0 Å². The van der Waals surface area contributed by atoms with Crippen LogP contribution in [0.15, 0.2) is 12.1 Å². The van der Waals surface area contributed by atoms with E-state index in [0.29, 0.717) is 17.5 Å². The van der Waals surface area contributed by atoms with E-state index in [1.165, 1.54) is 38.5 Å². The molecule has 0 amide bonds. The summed E-state index contributed by atoms with van der Waals surface area (Å²) < 4.78 is 28.4. The molecule has 2 aliphatic rings. The third-order valence-electron chi connectivity index (χ3n) is 6.51. The molecule has 2 fully saturated rings. The summed E-state index contributed by atoms with van der Waals surface area (Å²) in [5.74, 6) is 1.62. The number of hydrogen-bond acceptors (Lipinski definition) is 0. The van der Waals surface area contributed by atoms with Gasteiger partial charge >= 0.3 is 0 Å². The number of halogens is 2. The fourth-order valence-electron chi connectivity index (χ4n) is 4.85. The molecule has 3 rings (SSSR count). The van der Waals surface area contributed by atoms with Crippen molar-refractivity contribution in [3.8, 4) is 0 Å². The van der Waals surface area contributed by atoms with E-state index in [2.05, 4.69) is 6.92 Å². The summed E-state index contributed by atoms with van der Waals surface area (Å²) in [6.07, 6.45) is 10.5. The molecule has 1 aromatic rings. The van der Waals surface area contributed by atoms with Crippen LogP contribution in [0.2, 0.25) is 0 Å². The molecule has 2 aliphatic carbocycles. The van der Waals surface area contributed by atoms with Gasteiger partial charge in [-0.2, -0.15) is 0 Å². The van der Waals surface area contributed by atoms with Gasteiger partial charge in [0.05, 0.1) is 0 Å². The fraction of sp³-hybridized carbons (Fsp3) is 0.714. The van der Waals surface area contributed by atoms with Crippen molar-refractivity contribution < 1.29 is 8.78 Å². The van der Waals surface area contributed by atoms with Crippen molar-refractivity contribution in [3.05, 3.63) is 34.9 Å². The van der Waals surface area contributed by atoms with E-state index in [9.17, 15) is 8.78 Å². The molecule has 0 N–H and O–H groups in total. The first-order valence-corrected chi connectivity index (χ1v) is 9.56. The third kappa shape index (κ3) is 3.61. The van der Waals surface area contributed by atoms with Crippen LogP contribution in [0.25, 0.3) is 0 Å². The molecule has 0 spiro atoms. The van der Waals surface area contributed by atoms with Gasteiger partial charge in [0, 0.05) is 0 Å². The second kappa shape index (κ2) is 7.32. The smallest absolute Gasteiger partial charge is 0.162 e. The standard InChI is InChI=1S/C21H30F2/c1-3-15-12-13-19(21(23)20(15)22)18-10-8-17(9-11-18)16-6-4-14(2)5-7-16/h12-14,16-18H,3-11H2,1-2H3. The van der Waals surface area contributed by atoms with Crippen molar-refractivity contribution in [2.75, 3.05) is 0 Å². The highest BCUT2D eigenvalue weighted by atomic mass is 19.2. The van der Waals surface area contributed by atoms with Crippen LogP contribution in [0.4, 0.5) is 8.78 Å². The average molecular weight is 320 g/mol. The Morgan fingerprint density at radius 3 is 1.96 bits per heavy atom. The Bertz CT molecular complexity index is 521. The zero-order valence-corrected chi connectivity index (χ0v) is 14.6. The zero-order valence-electron chi connectivity index (χ0n) is 14.6. The maximum Gasteiger partial charge on any atom is 0.162 e. The largest absolute Gasteiger partial charge is 0.203 e. The van der Waals surface area contributed by atoms with Crippen molar-refractivity contribution in [2.24, 2.45) is 17.8 Å². The summed E-state index contributed by atoms with van der Waals surface area (Å²) in [5.41, 5.74) is 1.12. The van der Waals surface area contributed by atoms with Crippen LogP contribution in [0.5, 0.6) is 0 Å². The van der Waals surface area contributed by atoms with Crippen LogP contribution in [-0.4, -0.2) is 0 Å². The van der Waals surface area contributed by atoms with E-state index < -0.39 is 11.6 Å². The third-order valence-corrected chi connectivity index (χ3v) is 6.51. The number of benzene rings is 1. The van der Waals surface area contributed by atoms with Gasteiger partial charge in [-0.3, -0.25) is 0 Å². The first-order valence-electron chi connectivity index (χ1n) is 9.56. The SMILES string of the molecule is CCc1ccc(C2CCC(C3CCC(C)CC3)CC2)c(F)c1F. The predicted molar refractivity (Wildman–Crippen MR) is 91.6 cm³/mol. The van der Waals surface area contributed by atoms with Gasteiger partial charge in [0.25, 0.3) is 0 Å². The maximum absolute atomic E-state index is 14.4. The van der Waals surface area contributed by atoms with Crippen LogP contribution in [0.3, 0.4) is 0 Å². The van der Waals surface area contributed by atoms with Gasteiger partial charge in [0.2, 0.25) is 0 Å². The van der Waals surface area contributed by atoms with Crippen molar-refractivity contribution in [1.82, 2.24) is 0 Å². The Morgan fingerprint density at radius 1 is 0.826 bits per heavy atom. The average Bonchev–Trinajstić information content (AvgIpc) is 2.58. The molecule has 2 heteroatoms. The summed E-state index contributed by atoms with van der Waals surface area (Å²) >= 11 is 0. The van der Waals surface area contributed by atoms with Gasteiger partial charge in [-0.25, -0.2) is 8.78 Å². The van der Waals surface area contributed by atoms with Gasteiger partial charge in [-0.1, -0.05) is 38.8 Å². The highest BCUT2D eigenvalue weighted by molar-refractivity contribution is 5.29. The Morgan fingerprint density at radius 2 is 1.39 bits per heavy atom. The molecule has 0 aromatic heterocycles. The zero-order chi connectivity index (χ0) is 16.4. The lowest BCUT2D eigenvalue weighted by molar-refractivity contribution is 0.164. The number of rotatable bonds is 3. The summed E-state index contributed by atoms with van der Waals surface area (Å²) in [6, 6.07) is 3.62. The minimum absolute atomic E-state index is 0.217. The summed E-state index contributed by atoms with van der Waals surface area (Å²) in [6.45, 7) is 4.23.